The molecule has 0 spiro atoms. The summed E-state index contributed by atoms with van der Waals surface area (Å²) in [5.41, 5.74) is -1.83. The fourth-order valence-corrected chi connectivity index (χ4v) is 7.10. The van der Waals surface area contributed by atoms with Gasteiger partial charge in [-0.15, -0.1) is 11.3 Å². The maximum absolute atomic E-state index is 13.9. The van der Waals surface area contributed by atoms with Gasteiger partial charge in [-0.25, -0.2) is 18.2 Å². The molecule has 39 heavy (non-hydrogen) atoms. The number of anilines is 1. The Labute approximate surface area is 233 Å². The minimum atomic E-state index is -4.59. The van der Waals surface area contributed by atoms with Gasteiger partial charge in [0, 0.05) is 38.1 Å². The second-order valence-corrected chi connectivity index (χ2v) is 12.2. The first-order chi connectivity index (χ1) is 18.4. The fourth-order valence-electron chi connectivity index (χ4n) is 4.49. The number of aliphatic carboxylic acids is 1. The van der Waals surface area contributed by atoms with Crippen LogP contribution in [0, 0.1) is 0 Å². The summed E-state index contributed by atoms with van der Waals surface area (Å²) < 4.78 is 31.7. The zero-order chi connectivity index (χ0) is 28.5. The van der Waals surface area contributed by atoms with E-state index in [1.54, 1.807) is 13.0 Å². The second kappa shape index (κ2) is 11.1. The Morgan fingerprint density at radius 1 is 1.28 bits per heavy atom. The first-order valence-electron chi connectivity index (χ1n) is 11.8. The van der Waals surface area contributed by atoms with E-state index in [1.807, 2.05) is 0 Å². The van der Waals surface area contributed by atoms with E-state index in [0.717, 1.165) is 11.3 Å². The van der Waals surface area contributed by atoms with Gasteiger partial charge in [0.2, 0.25) is 15.6 Å². The molecule has 1 aliphatic heterocycles. The largest absolute Gasteiger partial charge is 0.479 e. The molecule has 3 aromatic rings. The number of benzene rings is 1. The van der Waals surface area contributed by atoms with Crippen molar-refractivity contribution in [1.82, 2.24) is 19.6 Å². The predicted octanol–water partition coefficient (Wildman–Crippen LogP) is 1.48. The van der Waals surface area contributed by atoms with Crippen molar-refractivity contribution in [3.63, 3.8) is 0 Å². The molecule has 0 aliphatic carbocycles. The van der Waals surface area contributed by atoms with Gasteiger partial charge >= 0.3 is 5.97 Å². The lowest BCUT2D eigenvalue weighted by atomic mass is 10.00. The van der Waals surface area contributed by atoms with Gasteiger partial charge in [-0.05, 0) is 36.2 Å². The third-order valence-corrected chi connectivity index (χ3v) is 9.22. The first kappa shape index (κ1) is 28.7. The molecule has 0 bridgehead atoms. The lowest BCUT2D eigenvalue weighted by Crippen LogP contribution is -2.59. The summed E-state index contributed by atoms with van der Waals surface area (Å²) in [4.78, 5) is 43.4. The Balaban J connectivity index is 1.77. The molecule has 2 atom stereocenters. The van der Waals surface area contributed by atoms with Crippen LogP contribution in [-0.4, -0.2) is 65.2 Å². The minimum absolute atomic E-state index is 0.171. The third kappa shape index (κ3) is 5.43. The molecule has 1 aliphatic rings. The van der Waals surface area contributed by atoms with Crippen LogP contribution in [0.5, 0.6) is 0 Å². The number of aliphatic hydroxyl groups is 1. The second-order valence-electron chi connectivity index (χ2n) is 8.87. The van der Waals surface area contributed by atoms with Gasteiger partial charge in [-0.3, -0.25) is 9.59 Å². The average molecular weight is 596 g/mol. The van der Waals surface area contributed by atoms with Gasteiger partial charge in [0.25, 0.3) is 11.8 Å². The van der Waals surface area contributed by atoms with Gasteiger partial charge in [-0.1, -0.05) is 24.6 Å². The summed E-state index contributed by atoms with van der Waals surface area (Å²) in [6.45, 7) is 1.22. The molecule has 4 N–H and O–H groups in total. The number of carbonyl (C=O) groups is 3. The van der Waals surface area contributed by atoms with Crippen molar-refractivity contribution in [2.24, 2.45) is 7.05 Å². The van der Waals surface area contributed by atoms with E-state index in [0.29, 0.717) is 10.0 Å². The monoisotopic (exact) mass is 595 g/mol. The van der Waals surface area contributed by atoms with Crippen LogP contribution in [0.1, 0.15) is 34.4 Å². The average Bonchev–Trinajstić information content (AvgIpc) is 3.61. The highest BCUT2D eigenvalue weighted by Crippen LogP contribution is 2.32. The van der Waals surface area contributed by atoms with Crippen LogP contribution >= 0.6 is 22.9 Å². The van der Waals surface area contributed by atoms with Crippen molar-refractivity contribution in [1.29, 1.82) is 0 Å². The van der Waals surface area contributed by atoms with Crippen LogP contribution in [0.2, 0.25) is 4.34 Å². The molecule has 12 nitrogen and oxygen atoms in total. The standard InChI is InChI=1S/C24H26ClN5O7S2/c1-3-14-15(30-11-9-16(31)21(30)33)5-4-6-18(14)39(36,37)28-24(23(34)35,22-26-10-12-29(22)2)13-27-20(32)17-7-8-19(25)38-17/h4-8,10,12,16,28,31H,3,9,11,13H2,1-2H3,(H,27,32)(H,34,35)/t16-,24+/m0/s1. The van der Waals surface area contributed by atoms with E-state index in [9.17, 15) is 33.0 Å². The number of aliphatic hydroxyl groups excluding tert-OH is 1. The predicted molar refractivity (Wildman–Crippen MR) is 143 cm³/mol. The van der Waals surface area contributed by atoms with Crippen LogP contribution in [0.4, 0.5) is 5.69 Å². The zero-order valence-corrected chi connectivity index (χ0v) is 23.3. The fraction of sp³-hybridized carbons (Fsp3) is 0.333. The topological polar surface area (TPSA) is 171 Å². The van der Waals surface area contributed by atoms with Crippen LogP contribution in [0.3, 0.4) is 0 Å². The van der Waals surface area contributed by atoms with E-state index in [2.05, 4.69) is 15.0 Å². The molecular formula is C24H26ClN5O7S2. The maximum Gasteiger partial charge on any atom is 0.334 e. The lowest BCUT2D eigenvalue weighted by Gasteiger charge is -2.30. The smallest absolute Gasteiger partial charge is 0.334 e. The number of thiophene rings is 1. The van der Waals surface area contributed by atoms with E-state index in [4.69, 9.17) is 11.6 Å². The Hall–Kier alpha value is -3.30. The highest BCUT2D eigenvalue weighted by molar-refractivity contribution is 7.89. The van der Waals surface area contributed by atoms with Crippen LogP contribution in [-0.2, 0) is 38.6 Å². The van der Waals surface area contributed by atoms with Crippen molar-refractivity contribution in [2.75, 3.05) is 18.0 Å². The van der Waals surface area contributed by atoms with Gasteiger partial charge in [-0.2, -0.15) is 4.72 Å². The molecular weight excluding hydrogens is 570 g/mol. The van der Waals surface area contributed by atoms with Crippen molar-refractivity contribution < 1.29 is 33.0 Å². The minimum Gasteiger partial charge on any atom is -0.479 e. The molecule has 0 unspecified atom stereocenters. The summed E-state index contributed by atoms with van der Waals surface area (Å²) in [7, 11) is -3.10. The number of carboxylic acids is 1. The molecule has 208 valence electrons. The lowest BCUT2D eigenvalue weighted by molar-refractivity contribution is -0.144. The number of carbonyl (C=O) groups excluding carboxylic acids is 2. The first-order valence-corrected chi connectivity index (χ1v) is 14.5. The number of hydrogen-bond acceptors (Lipinski definition) is 8. The van der Waals surface area contributed by atoms with E-state index < -0.39 is 46.0 Å². The summed E-state index contributed by atoms with van der Waals surface area (Å²) in [6.07, 6.45) is 1.96. The number of amides is 2. The number of nitrogens with zero attached hydrogens (tertiary/aromatic N) is 3. The van der Waals surface area contributed by atoms with Crippen LogP contribution < -0.4 is 14.9 Å². The molecule has 4 rings (SSSR count). The number of sulfonamides is 1. The molecule has 15 heteroatoms. The van der Waals surface area contributed by atoms with Crippen LogP contribution in [0.15, 0.2) is 47.6 Å². The molecule has 1 fully saturated rings. The number of imidazole rings is 1. The van der Waals surface area contributed by atoms with Gasteiger partial charge < -0.3 is 25.0 Å². The van der Waals surface area contributed by atoms with E-state index in [1.165, 1.54) is 53.2 Å². The number of rotatable bonds is 10. The van der Waals surface area contributed by atoms with Crippen molar-refractivity contribution in [2.45, 2.75) is 36.3 Å². The number of halogens is 1. The number of aromatic nitrogens is 2. The van der Waals surface area contributed by atoms with Crippen LogP contribution in [0.25, 0.3) is 0 Å². The summed E-state index contributed by atoms with van der Waals surface area (Å²) >= 11 is 6.89. The molecule has 1 aromatic carbocycles. The molecule has 0 saturated carbocycles. The molecule has 2 aromatic heterocycles. The van der Waals surface area contributed by atoms with Gasteiger partial charge in [0.05, 0.1) is 20.7 Å². The molecule has 1 saturated heterocycles. The maximum atomic E-state index is 13.9. The summed E-state index contributed by atoms with van der Waals surface area (Å²) in [5.74, 6) is -2.96. The van der Waals surface area contributed by atoms with Crippen molar-refractivity contribution in [3.05, 3.63) is 63.3 Å². The Kier molecular flexibility index (Phi) is 8.14. The van der Waals surface area contributed by atoms with Crippen molar-refractivity contribution >= 4 is 56.4 Å². The summed E-state index contributed by atoms with van der Waals surface area (Å²) in [6, 6.07) is 7.29. The number of carboxylic acid groups (broad SMARTS) is 1. The zero-order valence-electron chi connectivity index (χ0n) is 20.9. The quantitative estimate of drug-likeness (QED) is 0.273. The van der Waals surface area contributed by atoms with Gasteiger partial charge in [0.1, 0.15) is 11.9 Å². The highest BCUT2D eigenvalue weighted by atomic mass is 35.5. The Morgan fingerprint density at radius 3 is 2.56 bits per heavy atom. The van der Waals surface area contributed by atoms with E-state index >= 15 is 0 Å². The van der Waals surface area contributed by atoms with Crippen molar-refractivity contribution in [3.8, 4) is 0 Å². The molecule has 2 amide bonds. The highest BCUT2D eigenvalue weighted by Gasteiger charge is 2.48. The van der Waals surface area contributed by atoms with E-state index in [-0.39, 0.29) is 40.5 Å². The number of nitrogens with one attached hydrogen (secondary N) is 2. The van der Waals surface area contributed by atoms with Gasteiger partial charge in [0.15, 0.2) is 0 Å². The molecule has 0 radical (unpaired) electrons. The Morgan fingerprint density at radius 2 is 2.03 bits per heavy atom. The molecule has 3 heterocycles. The Bertz CT molecular complexity index is 1540. The summed E-state index contributed by atoms with van der Waals surface area (Å²) in [5, 5.41) is 22.8. The SMILES string of the molecule is CCc1c(N2CC[C@H](O)C2=O)cccc1S(=O)(=O)N[C@@](CNC(=O)c1ccc(Cl)s1)(C(=O)O)c1nccn1C. The normalized spacial score (nSPS) is 17.3. The third-order valence-electron chi connectivity index (χ3n) is 6.41. The number of aryl methyl sites for hydroxylation is 1. The number of hydrogen-bond donors (Lipinski definition) is 4.